The molecule has 0 atom stereocenters. The van der Waals surface area contributed by atoms with Crippen molar-refractivity contribution in [3.05, 3.63) is 48.7 Å². The van der Waals surface area contributed by atoms with Gasteiger partial charge in [0.25, 0.3) is 0 Å². The van der Waals surface area contributed by atoms with Crippen LogP contribution < -0.4 is 4.74 Å². The number of methoxy groups -OCH3 is 1. The summed E-state index contributed by atoms with van der Waals surface area (Å²) >= 11 is 4.36. The Balaban J connectivity index is 2.16. The molecule has 0 aliphatic rings. The summed E-state index contributed by atoms with van der Waals surface area (Å²) in [5.74, 6) is 1.40. The van der Waals surface area contributed by atoms with Gasteiger partial charge in [-0.1, -0.05) is 12.1 Å². The average Bonchev–Trinajstić information content (AvgIpc) is 2.90. The second kappa shape index (κ2) is 5.34. The fourth-order valence-electron chi connectivity index (χ4n) is 1.92. The van der Waals surface area contributed by atoms with E-state index >= 15 is 0 Å². The Hall–Kier alpha value is -2.34. The molecule has 2 aromatic heterocycles. The molecule has 0 amide bonds. The Labute approximate surface area is 121 Å². The fourth-order valence-corrected chi connectivity index (χ4v) is 2.18. The van der Waals surface area contributed by atoms with Gasteiger partial charge in [-0.25, -0.2) is 0 Å². The highest BCUT2D eigenvalue weighted by atomic mass is 32.1. The quantitative estimate of drug-likeness (QED) is 0.751. The van der Waals surface area contributed by atoms with Crippen LogP contribution in [0.2, 0.25) is 0 Å². The normalized spacial score (nSPS) is 10.5. The highest BCUT2D eigenvalue weighted by Crippen LogP contribution is 2.25. The zero-order valence-electron chi connectivity index (χ0n) is 10.8. The van der Waals surface area contributed by atoms with Crippen molar-refractivity contribution in [2.45, 2.75) is 5.16 Å². The van der Waals surface area contributed by atoms with E-state index in [9.17, 15) is 0 Å². The van der Waals surface area contributed by atoms with E-state index in [1.807, 2.05) is 47.0 Å². The number of thiol groups is 1. The highest BCUT2D eigenvalue weighted by molar-refractivity contribution is 7.80. The van der Waals surface area contributed by atoms with Crippen LogP contribution in [-0.4, -0.2) is 26.9 Å². The van der Waals surface area contributed by atoms with Crippen LogP contribution in [0, 0.1) is 0 Å². The summed E-state index contributed by atoms with van der Waals surface area (Å²) < 4.78 is 7.07. The summed E-state index contributed by atoms with van der Waals surface area (Å²) in [6.07, 6.45) is 1.72. The van der Waals surface area contributed by atoms with E-state index in [-0.39, 0.29) is 0 Å². The predicted octanol–water partition coefficient (Wildman–Crippen LogP) is 2.63. The molecular weight excluding hydrogens is 272 g/mol. The summed E-state index contributed by atoms with van der Waals surface area (Å²) in [4.78, 5) is 4.30. The Bertz CT molecular complexity index is 727. The second-order valence-corrected chi connectivity index (χ2v) is 4.48. The number of hydrogen-bond donors (Lipinski definition) is 1. The van der Waals surface area contributed by atoms with Crippen LogP contribution in [0.15, 0.2) is 53.8 Å². The van der Waals surface area contributed by atoms with Gasteiger partial charge in [-0.3, -0.25) is 9.55 Å². The topological polar surface area (TPSA) is 52.8 Å². The van der Waals surface area contributed by atoms with Crippen molar-refractivity contribution in [2.24, 2.45) is 0 Å². The number of benzene rings is 1. The number of rotatable bonds is 3. The molecule has 0 aliphatic heterocycles. The molecule has 0 saturated heterocycles. The molecular formula is C14H12N4OS. The van der Waals surface area contributed by atoms with Crippen LogP contribution in [0.3, 0.4) is 0 Å². The molecule has 0 unspecified atom stereocenters. The minimum absolute atomic E-state index is 0.499. The molecule has 6 heteroatoms. The molecule has 2 heterocycles. The van der Waals surface area contributed by atoms with Gasteiger partial charge in [0.2, 0.25) is 0 Å². The molecule has 0 bridgehead atoms. The zero-order valence-corrected chi connectivity index (χ0v) is 11.7. The zero-order chi connectivity index (χ0) is 13.9. The van der Waals surface area contributed by atoms with Gasteiger partial charge < -0.3 is 4.74 Å². The third kappa shape index (κ3) is 2.25. The van der Waals surface area contributed by atoms with Crippen molar-refractivity contribution in [3.63, 3.8) is 0 Å². The first-order valence-electron chi connectivity index (χ1n) is 6.00. The third-order valence-corrected chi connectivity index (χ3v) is 3.14. The van der Waals surface area contributed by atoms with E-state index in [2.05, 4.69) is 27.8 Å². The van der Waals surface area contributed by atoms with Crippen molar-refractivity contribution in [1.82, 2.24) is 19.7 Å². The molecule has 20 heavy (non-hydrogen) atoms. The summed E-state index contributed by atoms with van der Waals surface area (Å²) in [5.41, 5.74) is 1.61. The molecule has 0 saturated carbocycles. The van der Waals surface area contributed by atoms with Crippen molar-refractivity contribution < 1.29 is 4.74 Å². The fraction of sp³-hybridized carbons (Fsp3) is 0.0714. The third-order valence-electron chi connectivity index (χ3n) is 2.85. The first kappa shape index (κ1) is 12.7. The highest BCUT2D eigenvalue weighted by Gasteiger charge is 2.14. The van der Waals surface area contributed by atoms with E-state index in [1.165, 1.54) is 0 Å². The van der Waals surface area contributed by atoms with Crippen LogP contribution in [0.4, 0.5) is 0 Å². The number of hydrogen-bond acceptors (Lipinski definition) is 5. The largest absolute Gasteiger partial charge is 0.497 e. The lowest BCUT2D eigenvalue weighted by molar-refractivity contribution is 0.414. The maximum absolute atomic E-state index is 5.24. The van der Waals surface area contributed by atoms with E-state index in [0.717, 1.165) is 17.1 Å². The molecule has 0 aliphatic carbocycles. The summed E-state index contributed by atoms with van der Waals surface area (Å²) in [7, 11) is 1.63. The van der Waals surface area contributed by atoms with Crippen molar-refractivity contribution in [2.75, 3.05) is 7.11 Å². The monoisotopic (exact) mass is 284 g/mol. The smallest absolute Gasteiger partial charge is 0.193 e. The lowest BCUT2D eigenvalue weighted by atomic mass is 10.2. The average molecular weight is 284 g/mol. The Morgan fingerprint density at radius 2 is 2.00 bits per heavy atom. The molecule has 0 fully saturated rings. The molecule has 0 N–H and O–H groups in total. The molecule has 0 radical (unpaired) electrons. The van der Waals surface area contributed by atoms with Crippen molar-refractivity contribution >= 4 is 12.6 Å². The molecule has 0 spiro atoms. The van der Waals surface area contributed by atoms with Crippen LogP contribution in [0.5, 0.6) is 5.75 Å². The summed E-state index contributed by atoms with van der Waals surface area (Å²) in [5, 5.41) is 8.67. The Morgan fingerprint density at radius 3 is 2.75 bits per heavy atom. The standard InChI is InChI=1S/C14H12N4OS/c1-19-11-6-4-5-10(9-11)18-13(16-17-14(18)20)12-7-2-3-8-15-12/h2-9H,1H3,(H,17,20). The SMILES string of the molecule is COc1cccc(-n2c(S)nnc2-c2ccccn2)c1. The van der Waals surface area contributed by atoms with Crippen LogP contribution in [0.25, 0.3) is 17.2 Å². The first-order valence-corrected chi connectivity index (χ1v) is 6.44. The molecule has 5 nitrogen and oxygen atoms in total. The minimum atomic E-state index is 0.499. The summed E-state index contributed by atoms with van der Waals surface area (Å²) in [6, 6.07) is 13.3. The number of nitrogens with zero attached hydrogens (tertiary/aromatic N) is 4. The Morgan fingerprint density at radius 1 is 1.10 bits per heavy atom. The van der Waals surface area contributed by atoms with E-state index < -0.39 is 0 Å². The van der Waals surface area contributed by atoms with Gasteiger partial charge in [0.15, 0.2) is 11.0 Å². The minimum Gasteiger partial charge on any atom is -0.497 e. The van der Waals surface area contributed by atoms with Crippen LogP contribution >= 0.6 is 12.6 Å². The molecule has 1 aromatic carbocycles. The number of ether oxygens (including phenoxy) is 1. The van der Waals surface area contributed by atoms with Gasteiger partial charge in [0.1, 0.15) is 11.4 Å². The van der Waals surface area contributed by atoms with E-state index in [1.54, 1.807) is 13.3 Å². The van der Waals surface area contributed by atoms with Gasteiger partial charge in [0, 0.05) is 12.3 Å². The van der Waals surface area contributed by atoms with Gasteiger partial charge in [-0.2, -0.15) is 0 Å². The van der Waals surface area contributed by atoms with Gasteiger partial charge in [-0.05, 0) is 24.3 Å². The van der Waals surface area contributed by atoms with Crippen LogP contribution in [-0.2, 0) is 0 Å². The second-order valence-electron chi connectivity index (χ2n) is 4.08. The predicted molar refractivity (Wildman–Crippen MR) is 78.4 cm³/mol. The van der Waals surface area contributed by atoms with E-state index in [4.69, 9.17) is 4.74 Å². The number of pyridine rings is 1. The lowest BCUT2D eigenvalue weighted by Crippen LogP contribution is -1.99. The maximum atomic E-state index is 5.24. The maximum Gasteiger partial charge on any atom is 0.193 e. The Kier molecular flexibility index (Phi) is 3.39. The molecule has 3 rings (SSSR count). The van der Waals surface area contributed by atoms with Gasteiger partial charge >= 0.3 is 0 Å². The molecule has 3 aromatic rings. The van der Waals surface area contributed by atoms with Gasteiger partial charge in [0.05, 0.1) is 12.8 Å². The van der Waals surface area contributed by atoms with Crippen molar-refractivity contribution in [3.8, 4) is 23.0 Å². The molecule has 100 valence electrons. The van der Waals surface area contributed by atoms with Gasteiger partial charge in [-0.15, -0.1) is 22.8 Å². The summed E-state index contributed by atoms with van der Waals surface area (Å²) in [6.45, 7) is 0. The first-order chi connectivity index (χ1) is 9.79. The van der Waals surface area contributed by atoms with E-state index in [0.29, 0.717) is 11.0 Å². The van der Waals surface area contributed by atoms with Crippen molar-refractivity contribution in [1.29, 1.82) is 0 Å². The van der Waals surface area contributed by atoms with Crippen LogP contribution in [0.1, 0.15) is 0 Å². The lowest BCUT2D eigenvalue weighted by Gasteiger charge is -2.09. The number of aromatic nitrogens is 4.